The fourth-order valence-electron chi connectivity index (χ4n) is 4.04. The number of nitrogens with zero attached hydrogens (tertiary/aromatic N) is 1. The van der Waals surface area contributed by atoms with E-state index in [2.05, 4.69) is 26.0 Å². The van der Waals surface area contributed by atoms with Crippen LogP contribution in [0.2, 0.25) is 0 Å². The fourth-order valence-corrected chi connectivity index (χ4v) is 4.04. The second-order valence-corrected chi connectivity index (χ2v) is 7.85. The van der Waals surface area contributed by atoms with Gasteiger partial charge in [0.05, 0.1) is 18.4 Å². The van der Waals surface area contributed by atoms with Gasteiger partial charge in [0.1, 0.15) is 0 Å². The number of hydrogen-bond acceptors (Lipinski definition) is 3. The van der Waals surface area contributed by atoms with Gasteiger partial charge in [0.15, 0.2) is 0 Å². The van der Waals surface area contributed by atoms with Gasteiger partial charge in [0.25, 0.3) is 0 Å². The number of benzene rings is 1. The molecule has 1 N–H and O–H groups in total. The van der Waals surface area contributed by atoms with Crippen LogP contribution < -0.4 is 0 Å². The van der Waals surface area contributed by atoms with Crippen LogP contribution in [0.1, 0.15) is 31.4 Å². The smallest absolute Gasteiger partial charge is 0.311 e. The van der Waals surface area contributed by atoms with E-state index in [0.717, 1.165) is 12.0 Å². The molecular weight excluding hydrogens is 318 g/mol. The Morgan fingerprint density at radius 1 is 1.28 bits per heavy atom. The number of fused-ring (bicyclic) bond motifs is 1. The van der Waals surface area contributed by atoms with Gasteiger partial charge < -0.3 is 14.7 Å². The van der Waals surface area contributed by atoms with Crippen molar-refractivity contribution in [3.8, 4) is 0 Å². The highest BCUT2D eigenvalue weighted by Crippen LogP contribution is 2.42. The van der Waals surface area contributed by atoms with Crippen LogP contribution in [0.5, 0.6) is 0 Å². The van der Waals surface area contributed by atoms with Crippen molar-refractivity contribution in [1.82, 2.24) is 4.90 Å². The number of likely N-dealkylation sites (tertiary alicyclic amines) is 1. The van der Waals surface area contributed by atoms with Crippen LogP contribution in [0.4, 0.5) is 0 Å². The van der Waals surface area contributed by atoms with E-state index in [4.69, 9.17) is 4.74 Å². The monoisotopic (exact) mass is 345 g/mol. The molecule has 25 heavy (non-hydrogen) atoms. The van der Waals surface area contributed by atoms with E-state index >= 15 is 0 Å². The van der Waals surface area contributed by atoms with E-state index in [0.29, 0.717) is 45.1 Å². The molecule has 0 spiro atoms. The second kappa shape index (κ2) is 7.16. The Morgan fingerprint density at radius 3 is 2.56 bits per heavy atom. The lowest BCUT2D eigenvalue weighted by molar-refractivity contribution is -0.157. The largest absolute Gasteiger partial charge is 0.481 e. The van der Waals surface area contributed by atoms with Crippen molar-refractivity contribution in [2.75, 3.05) is 26.3 Å². The minimum absolute atomic E-state index is 0.00614. The molecule has 0 unspecified atom stereocenters. The Balaban J connectivity index is 1.65. The van der Waals surface area contributed by atoms with Crippen molar-refractivity contribution >= 4 is 11.9 Å². The molecule has 3 rings (SSSR count). The zero-order valence-corrected chi connectivity index (χ0v) is 15.0. The SMILES string of the molecule is CC(C)Cc1ccc(CC(=O)N2C[C@H]3COCC[C@@]3(C(=O)O)C2)cc1. The molecule has 1 aromatic carbocycles. The summed E-state index contributed by atoms with van der Waals surface area (Å²) in [4.78, 5) is 26.2. The number of carboxylic acids is 1. The minimum Gasteiger partial charge on any atom is -0.481 e. The molecule has 2 fully saturated rings. The number of aliphatic carboxylic acids is 1. The maximum absolute atomic E-state index is 12.7. The highest BCUT2D eigenvalue weighted by molar-refractivity contribution is 5.82. The first kappa shape index (κ1) is 17.9. The molecule has 1 aromatic rings. The maximum Gasteiger partial charge on any atom is 0.311 e. The zero-order valence-electron chi connectivity index (χ0n) is 15.0. The zero-order chi connectivity index (χ0) is 18.0. The number of ether oxygens (including phenoxy) is 1. The standard InChI is InChI=1S/C20H27NO4/c1-14(2)9-15-3-5-16(6-4-15)10-18(22)21-11-17-12-25-8-7-20(17,13-21)19(23)24/h3-6,14,17H,7-13H2,1-2H3,(H,23,24)/t17-,20+/m0/s1. The molecule has 2 atom stereocenters. The molecule has 5 nitrogen and oxygen atoms in total. The number of amides is 1. The summed E-state index contributed by atoms with van der Waals surface area (Å²) in [6, 6.07) is 8.18. The molecule has 0 bridgehead atoms. The van der Waals surface area contributed by atoms with Gasteiger partial charge in [-0.15, -0.1) is 0 Å². The average Bonchev–Trinajstić information content (AvgIpc) is 2.97. The summed E-state index contributed by atoms with van der Waals surface area (Å²) in [6.45, 7) is 6.05. The molecule has 0 saturated carbocycles. The first-order chi connectivity index (χ1) is 11.9. The first-order valence-electron chi connectivity index (χ1n) is 9.07. The van der Waals surface area contributed by atoms with E-state index in [1.807, 2.05) is 12.1 Å². The summed E-state index contributed by atoms with van der Waals surface area (Å²) in [7, 11) is 0. The van der Waals surface area contributed by atoms with Crippen LogP contribution in [-0.4, -0.2) is 48.2 Å². The van der Waals surface area contributed by atoms with E-state index in [1.54, 1.807) is 4.90 Å². The third-order valence-electron chi connectivity index (χ3n) is 5.51. The quantitative estimate of drug-likeness (QED) is 0.890. The molecule has 0 aliphatic carbocycles. The van der Waals surface area contributed by atoms with Crippen LogP contribution in [0.3, 0.4) is 0 Å². The van der Waals surface area contributed by atoms with E-state index in [9.17, 15) is 14.7 Å². The number of hydrogen-bond donors (Lipinski definition) is 1. The molecule has 2 heterocycles. The van der Waals surface area contributed by atoms with E-state index in [-0.39, 0.29) is 11.8 Å². The Labute approximate surface area is 149 Å². The van der Waals surface area contributed by atoms with Crippen molar-refractivity contribution in [3.63, 3.8) is 0 Å². The molecule has 2 saturated heterocycles. The molecule has 5 heteroatoms. The first-order valence-corrected chi connectivity index (χ1v) is 9.07. The lowest BCUT2D eigenvalue weighted by Gasteiger charge is -2.33. The third-order valence-corrected chi connectivity index (χ3v) is 5.51. The highest BCUT2D eigenvalue weighted by atomic mass is 16.5. The third kappa shape index (κ3) is 3.71. The normalized spacial score (nSPS) is 25.9. The van der Waals surface area contributed by atoms with E-state index < -0.39 is 11.4 Å². The van der Waals surface area contributed by atoms with Crippen LogP contribution >= 0.6 is 0 Å². The van der Waals surface area contributed by atoms with E-state index in [1.165, 1.54) is 5.56 Å². The molecule has 0 aromatic heterocycles. The molecule has 2 aliphatic rings. The Bertz CT molecular complexity index is 640. The fraction of sp³-hybridized carbons (Fsp3) is 0.600. The van der Waals surface area contributed by atoms with Crippen LogP contribution in [0.25, 0.3) is 0 Å². The Kier molecular flexibility index (Phi) is 5.13. The summed E-state index contributed by atoms with van der Waals surface area (Å²) in [5, 5.41) is 9.70. The second-order valence-electron chi connectivity index (χ2n) is 7.85. The lowest BCUT2D eigenvalue weighted by Crippen LogP contribution is -2.45. The molecule has 136 valence electrons. The van der Waals surface area contributed by atoms with Crippen molar-refractivity contribution in [1.29, 1.82) is 0 Å². The highest BCUT2D eigenvalue weighted by Gasteiger charge is 2.54. The van der Waals surface area contributed by atoms with Gasteiger partial charge in [-0.2, -0.15) is 0 Å². The van der Waals surface area contributed by atoms with Crippen molar-refractivity contribution in [2.24, 2.45) is 17.3 Å². The summed E-state index contributed by atoms with van der Waals surface area (Å²) in [5.41, 5.74) is 1.43. The Morgan fingerprint density at radius 2 is 1.96 bits per heavy atom. The number of rotatable bonds is 5. The number of carbonyl (C=O) groups excluding carboxylic acids is 1. The average molecular weight is 345 g/mol. The topological polar surface area (TPSA) is 66.8 Å². The summed E-state index contributed by atoms with van der Waals surface area (Å²) >= 11 is 0. The molecule has 1 amide bonds. The van der Waals surface area contributed by atoms with Gasteiger partial charge in [-0.25, -0.2) is 0 Å². The van der Waals surface area contributed by atoms with Gasteiger partial charge in [-0.05, 0) is 29.9 Å². The lowest BCUT2D eigenvalue weighted by atomic mass is 9.74. The van der Waals surface area contributed by atoms with Crippen LogP contribution in [0, 0.1) is 17.3 Å². The van der Waals surface area contributed by atoms with Crippen LogP contribution in [-0.2, 0) is 27.2 Å². The van der Waals surface area contributed by atoms with Crippen molar-refractivity contribution in [2.45, 2.75) is 33.1 Å². The summed E-state index contributed by atoms with van der Waals surface area (Å²) in [5.74, 6) is -0.285. The minimum atomic E-state index is -0.824. The maximum atomic E-state index is 12.7. The number of carboxylic acid groups (broad SMARTS) is 1. The van der Waals surface area contributed by atoms with Gasteiger partial charge in [0, 0.05) is 25.6 Å². The predicted molar refractivity (Wildman–Crippen MR) is 94.3 cm³/mol. The predicted octanol–water partition coefficient (Wildman–Crippen LogP) is 2.38. The van der Waals surface area contributed by atoms with Gasteiger partial charge in [0.2, 0.25) is 5.91 Å². The van der Waals surface area contributed by atoms with Gasteiger partial charge in [-0.3, -0.25) is 9.59 Å². The molecule has 2 aliphatic heterocycles. The Hall–Kier alpha value is -1.88. The van der Waals surface area contributed by atoms with Crippen molar-refractivity contribution in [3.05, 3.63) is 35.4 Å². The van der Waals surface area contributed by atoms with Crippen molar-refractivity contribution < 1.29 is 19.4 Å². The van der Waals surface area contributed by atoms with Crippen LogP contribution in [0.15, 0.2) is 24.3 Å². The molecule has 0 radical (unpaired) electrons. The summed E-state index contributed by atoms with van der Waals surface area (Å²) < 4.78 is 5.45. The van der Waals surface area contributed by atoms with Gasteiger partial charge >= 0.3 is 5.97 Å². The number of carbonyl (C=O) groups is 2. The van der Waals surface area contributed by atoms with Gasteiger partial charge in [-0.1, -0.05) is 38.1 Å². The summed E-state index contributed by atoms with van der Waals surface area (Å²) in [6.07, 6.45) is 1.84. The molecular formula is C20H27NO4.